The molecular formula is C20H21N3O3S2. The first-order valence-electron chi connectivity index (χ1n) is 8.53. The van der Waals surface area contributed by atoms with Crippen LogP contribution in [-0.4, -0.2) is 19.5 Å². The van der Waals surface area contributed by atoms with Crippen LogP contribution in [0.15, 0.2) is 58.3 Å². The predicted molar refractivity (Wildman–Crippen MR) is 114 cm³/mol. The lowest BCUT2D eigenvalue weighted by Crippen LogP contribution is -2.28. The number of nitrogens with zero attached hydrogens (tertiary/aromatic N) is 1. The van der Waals surface area contributed by atoms with Gasteiger partial charge in [0.1, 0.15) is 0 Å². The number of anilines is 1. The summed E-state index contributed by atoms with van der Waals surface area (Å²) in [6, 6.07) is 13.5. The van der Waals surface area contributed by atoms with E-state index in [1.54, 1.807) is 6.08 Å². The molecule has 1 saturated heterocycles. The number of nitrogens with two attached hydrogens (primary N) is 1. The first-order chi connectivity index (χ1) is 13.0. The van der Waals surface area contributed by atoms with E-state index in [9.17, 15) is 13.2 Å². The number of thioether (sulfide) groups is 1. The smallest absolute Gasteiger partial charge is 0.271 e. The zero-order chi connectivity index (χ0) is 20.7. The molecule has 0 unspecified atom stereocenters. The second-order valence-corrected chi connectivity index (χ2v) is 10.1. The van der Waals surface area contributed by atoms with Crippen molar-refractivity contribution in [3.63, 3.8) is 0 Å². The van der Waals surface area contributed by atoms with Crippen molar-refractivity contribution in [2.75, 3.05) is 4.90 Å². The van der Waals surface area contributed by atoms with Crippen LogP contribution in [-0.2, 0) is 20.2 Å². The van der Waals surface area contributed by atoms with E-state index in [0.717, 1.165) is 17.3 Å². The molecule has 2 aromatic rings. The van der Waals surface area contributed by atoms with Crippen molar-refractivity contribution in [2.45, 2.75) is 31.1 Å². The summed E-state index contributed by atoms with van der Waals surface area (Å²) in [6.07, 6.45) is 1.76. The highest BCUT2D eigenvalue weighted by Gasteiger charge is 2.33. The standard InChI is InChI=1S/C20H21N3O3S2/c1-20(2,3)14-6-4-13(5-7-14)12-17-18(24)23(19(21)27-17)15-8-10-16(11-9-15)28(22,25)26/h4-12,21H,1-3H3,(H2,22,25,26)/b17-12-,21-19?. The predicted octanol–water partition coefficient (Wildman–Crippen LogP) is 3.69. The zero-order valence-electron chi connectivity index (χ0n) is 15.8. The Kier molecular flexibility index (Phi) is 5.22. The van der Waals surface area contributed by atoms with Crippen LogP contribution in [0.5, 0.6) is 0 Å². The summed E-state index contributed by atoms with van der Waals surface area (Å²) < 4.78 is 22.8. The normalized spacial score (nSPS) is 16.9. The Morgan fingerprint density at radius 3 is 2.11 bits per heavy atom. The second kappa shape index (κ2) is 7.20. The molecule has 0 aliphatic carbocycles. The van der Waals surface area contributed by atoms with Gasteiger partial charge in [0.2, 0.25) is 10.0 Å². The molecule has 2 aromatic carbocycles. The highest BCUT2D eigenvalue weighted by Crippen LogP contribution is 2.35. The summed E-state index contributed by atoms with van der Waals surface area (Å²) in [5.74, 6) is -0.321. The van der Waals surface area contributed by atoms with Gasteiger partial charge in [0.05, 0.1) is 15.5 Å². The summed E-state index contributed by atoms with van der Waals surface area (Å²) in [5.41, 5.74) is 2.54. The fourth-order valence-corrected chi connectivity index (χ4v) is 4.11. The van der Waals surface area contributed by atoms with E-state index in [1.807, 2.05) is 24.3 Å². The second-order valence-electron chi connectivity index (χ2n) is 7.47. The molecule has 0 spiro atoms. The fourth-order valence-electron chi connectivity index (χ4n) is 2.74. The van der Waals surface area contributed by atoms with Crippen LogP contribution >= 0.6 is 11.8 Å². The highest BCUT2D eigenvalue weighted by molar-refractivity contribution is 8.19. The van der Waals surface area contributed by atoms with Gasteiger partial charge in [-0.15, -0.1) is 0 Å². The molecule has 0 saturated carbocycles. The molecular weight excluding hydrogens is 394 g/mol. The lowest BCUT2D eigenvalue weighted by Gasteiger charge is -2.18. The topological polar surface area (TPSA) is 104 Å². The van der Waals surface area contributed by atoms with E-state index in [4.69, 9.17) is 10.5 Å². The third kappa shape index (κ3) is 4.19. The maximum atomic E-state index is 12.8. The van der Waals surface area contributed by atoms with E-state index in [2.05, 4.69) is 20.8 Å². The van der Waals surface area contributed by atoms with Crippen molar-refractivity contribution in [1.82, 2.24) is 0 Å². The molecule has 0 aromatic heterocycles. The van der Waals surface area contributed by atoms with Crippen LogP contribution in [0.1, 0.15) is 31.9 Å². The molecule has 28 heavy (non-hydrogen) atoms. The molecule has 1 heterocycles. The molecule has 6 nitrogen and oxygen atoms in total. The SMILES string of the molecule is CC(C)(C)c1ccc(/C=C2\SC(=N)N(c3ccc(S(N)(=O)=O)cc3)C2=O)cc1. The monoisotopic (exact) mass is 415 g/mol. The van der Waals surface area contributed by atoms with Gasteiger partial charge in [-0.3, -0.25) is 15.1 Å². The molecule has 0 bridgehead atoms. The van der Waals surface area contributed by atoms with Crippen LogP contribution < -0.4 is 10.0 Å². The molecule has 1 amide bonds. The molecule has 8 heteroatoms. The first-order valence-corrected chi connectivity index (χ1v) is 10.9. The highest BCUT2D eigenvalue weighted by atomic mass is 32.2. The van der Waals surface area contributed by atoms with Crippen molar-refractivity contribution in [3.05, 3.63) is 64.6 Å². The number of sulfonamides is 1. The van der Waals surface area contributed by atoms with E-state index < -0.39 is 10.0 Å². The molecule has 0 radical (unpaired) electrons. The average molecular weight is 416 g/mol. The van der Waals surface area contributed by atoms with Gasteiger partial charge >= 0.3 is 0 Å². The van der Waals surface area contributed by atoms with Gasteiger partial charge < -0.3 is 0 Å². The Balaban J connectivity index is 1.86. The minimum Gasteiger partial charge on any atom is -0.278 e. The molecule has 1 aliphatic heterocycles. The molecule has 0 atom stereocenters. The largest absolute Gasteiger partial charge is 0.278 e. The summed E-state index contributed by atoms with van der Waals surface area (Å²) in [7, 11) is -3.81. The maximum Gasteiger partial charge on any atom is 0.271 e. The number of carbonyl (C=O) groups is 1. The number of amidine groups is 1. The zero-order valence-corrected chi connectivity index (χ0v) is 17.4. The van der Waals surface area contributed by atoms with Crippen molar-refractivity contribution < 1.29 is 13.2 Å². The maximum absolute atomic E-state index is 12.8. The Morgan fingerprint density at radius 1 is 1.04 bits per heavy atom. The van der Waals surface area contributed by atoms with Gasteiger partial charge in [-0.25, -0.2) is 13.6 Å². The van der Waals surface area contributed by atoms with Crippen molar-refractivity contribution in [2.24, 2.45) is 5.14 Å². The summed E-state index contributed by atoms with van der Waals surface area (Å²) >= 11 is 1.07. The Hall–Kier alpha value is -2.42. The number of primary sulfonamides is 1. The van der Waals surface area contributed by atoms with Gasteiger partial charge in [-0.05, 0) is 58.6 Å². The van der Waals surface area contributed by atoms with Crippen LogP contribution in [0, 0.1) is 5.41 Å². The molecule has 146 valence electrons. The molecule has 1 fully saturated rings. The van der Waals surface area contributed by atoms with Gasteiger partial charge in [-0.1, -0.05) is 45.0 Å². The average Bonchev–Trinajstić information content (AvgIpc) is 2.87. The van der Waals surface area contributed by atoms with E-state index in [-0.39, 0.29) is 21.4 Å². The van der Waals surface area contributed by atoms with Gasteiger partial charge in [0.25, 0.3) is 5.91 Å². The molecule has 3 N–H and O–H groups in total. The van der Waals surface area contributed by atoms with E-state index >= 15 is 0 Å². The minimum atomic E-state index is -3.81. The first kappa shape index (κ1) is 20.3. The lowest BCUT2D eigenvalue weighted by molar-refractivity contribution is -0.113. The summed E-state index contributed by atoms with van der Waals surface area (Å²) in [6.45, 7) is 6.41. The third-order valence-corrected chi connectivity index (χ3v) is 6.14. The number of nitrogens with one attached hydrogen (secondary N) is 1. The fraction of sp³-hybridized carbons (Fsp3) is 0.200. The number of hydrogen-bond donors (Lipinski definition) is 2. The van der Waals surface area contributed by atoms with Crippen molar-refractivity contribution >= 4 is 44.6 Å². The number of hydrogen-bond acceptors (Lipinski definition) is 5. The van der Waals surface area contributed by atoms with Gasteiger partial charge in [-0.2, -0.15) is 0 Å². The minimum absolute atomic E-state index is 0.0446. The Bertz CT molecular complexity index is 1070. The van der Waals surface area contributed by atoms with Crippen LogP contribution in [0.4, 0.5) is 5.69 Å². The number of rotatable bonds is 3. The number of amides is 1. The molecule has 3 rings (SSSR count). The lowest BCUT2D eigenvalue weighted by atomic mass is 9.87. The third-order valence-electron chi connectivity index (χ3n) is 4.32. The van der Waals surface area contributed by atoms with Gasteiger partial charge in [0, 0.05) is 0 Å². The summed E-state index contributed by atoms with van der Waals surface area (Å²) in [4.78, 5) is 14.4. The van der Waals surface area contributed by atoms with Crippen LogP contribution in [0.25, 0.3) is 6.08 Å². The summed E-state index contributed by atoms with van der Waals surface area (Å²) in [5, 5.41) is 13.3. The van der Waals surface area contributed by atoms with Crippen LogP contribution in [0.2, 0.25) is 0 Å². The number of benzene rings is 2. The van der Waals surface area contributed by atoms with Crippen molar-refractivity contribution in [1.29, 1.82) is 5.41 Å². The Morgan fingerprint density at radius 2 is 1.61 bits per heavy atom. The molecule has 1 aliphatic rings. The Labute approximate surface area is 169 Å². The number of carbonyl (C=O) groups excluding carboxylic acids is 1. The van der Waals surface area contributed by atoms with Crippen LogP contribution in [0.3, 0.4) is 0 Å². The van der Waals surface area contributed by atoms with Crippen molar-refractivity contribution in [3.8, 4) is 0 Å². The quantitative estimate of drug-likeness (QED) is 0.746. The van der Waals surface area contributed by atoms with Gasteiger partial charge in [0.15, 0.2) is 5.17 Å². The van der Waals surface area contributed by atoms with E-state index in [1.165, 1.54) is 34.7 Å². The van der Waals surface area contributed by atoms with E-state index in [0.29, 0.717) is 10.6 Å².